The van der Waals surface area contributed by atoms with E-state index in [0.29, 0.717) is 17.5 Å². The van der Waals surface area contributed by atoms with Crippen LogP contribution in [-0.2, 0) is 6.54 Å². The summed E-state index contributed by atoms with van der Waals surface area (Å²) in [5, 5.41) is 4.54. The molecule has 2 aromatic heterocycles. The predicted molar refractivity (Wildman–Crippen MR) is 53.1 cm³/mol. The second-order valence-corrected chi connectivity index (χ2v) is 3.34. The molecule has 0 N–H and O–H groups in total. The van der Waals surface area contributed by atoms with Gasteiger partial charge in [0, 0.05) is 18.1 Å². The van der Waals surface area contributed by atoms with Gasteiger partial charge in [-0.05, 0) is 19.1 Å². The molecule has 0 aliphatic carbocycles. The lowest BCUT2D eigenvalue weighted by atomic mass is 10.4. The molecule has 0 saturated carbocycles. The van der Waals surface area contributed by atoms with Gasteiger partial charge in [-0.3, -0.25) is 4.68 Å². The van der Waals surface area contributed by atoms with Crippen molar-refractivity contribution in [1.29, 1.82) is 0 Å². The van der Waals surface area contributed by atoms with E-state index in [4.69, 9.17) is 11.6 Å². The predicted octanol–water partition coefficient (Wildman–Crippen LogP) is 1.68. The molecular weight excluding hydrogens is 200 g/mol. The van der Waals surface area contributed by atoms with Crippen molar-refractivity contribution < 1.29 is 0 Å². The number of hydrogen-bond donors (Lipinski definition) is 0. The first-order valence-corrected chi connectivity index (χ1v) is 4.59. The molecule has 72 valence electrons. The van der Waals surface area contributed by atoms with Gasteiger partial charge in [-0.1, -0.05) is 11.6 Å². The zero-order chi connectivity index (χ0) is 9.97. The second kappa shape index (κ2) is 3.75. The first-order valence-electron chi connectivity index (χ1n) is 4.21. The minimum Gasteiger partial charge on any atom is -0.265 e. The lowest BCUT2D eigenvalue weighted by Gasteiger charge is -2.01. The molecule has 0 aliphatic rings. The highest BCUT2D eigenvalue weighted by Crippen LogP contribution is 2.06. The summed E-state index contributed by atoms with van der Waals surface area (Å²) >= 11 is 5.81. The molecule has 0 fully saturated rings. The van der Waals surface area contributed by atoms with Crippen molar-refractivity contribution >= 4 is 11.6 Å². The molecule has 5 heteroatoms. The van der Waals surface area contributed by atoms with Crippen LogP contribution in [-0.4, -0.2) is 19.7 Å². The third-order valence-corrected chi connectivity index (χ3v) is 1.93. The summed E-state index contributed by atoms with van der Waals surface area (Å²) in [6.45, 7) is 2.44. The Morgan fingerprint density at radius 1 is 1.43 bits per heavy atom. The molecule has 0 aromatic carbocycles. The van der Waals surface area contributed by atoms with Crippen molar-refractivity contribution in [2.24, 2.45) is 0 Å². The number of aromatic nitrogens is 4. The van der Waals surface area contributed by atoms with Crippen LogP contribution in [0.3, 0.4) is 0 Å². The average molecular weight is 209 g/mol. The lowest BCUT2D eigenvalue weighted by molar-refractivity contribution is 0.653. The fourth-order valence-corrected chi connectivity index (χ4v) is 1.45. The van der Waals surface area contributed by atoms with Crippen molar-refractivity contribution in [3.8, 4) is 0 Å². The maximum Gasteiger partial charge on any atom is 0.151 e. The van der Waals surface area contributed by atoms with E-state index in [1.54, 1.807) is 16.9 Å². The molecule has 0 saturated heterocycles. The summed E-state index contributed by atoms with van der Waals surface area (Å²) in [5.41, 5.74) is 0.868. The molecule has 0 spiro atoms. The van der Waals surface area contributed by atoms with E-state index in [1.165, 1.54) is 0 Å². The van der Waals surface area contributed by atoms with Crippen LogP contribution in [0.4, 0.5) is 0 Å². The van der Waals surface area contributed by atoms with Gasteiger partial charge in [-0.15, -0.1) is 0 Å². The number of aryl methyl sites for hydroxylation is 1. The molecule has 14 heavy (non-hydrogen) atoms. The Kier molecular flexibility index (Phi) is 2.45. The fourth-order valence-electron chi connectivity index (χ4n) is 1.20. The zero-order valence-electron chi connectivity index (χ0n) is 7.68. The summed E-state index contributed by atoms with van der Waals surface area (Å²) < 4.78 is 1.76. The maximum atomic E-state index is 5.81. The van der Waals surface area contributed by atoms with Crippen molar-refractivity contribution in [2.45, 2.75) is 13.5 Å². The number of nitrogens with zero attached hydrogens (tertiary/aromatic N) is 4. The van der Waals surface area contributed by atoms with Crippen LogP contribution in [0.5, 0.6) is 0 Å². The Morgan fingerprint density at radius 3 is 2.93 bits per heavy atom. The summed E-state index contributed by atoms with van der Waals surface area (Å²) in [6.07, 6.45) is 3.58. The molecule has 2 aromatic rings. The van der Waals surface area contributed by atoms with Gasteiger partial charge < -0.3 is 0 Å². The first-order chi connectivity index (χ1) is 6.74. The van der Waals surface area contributed by atoms with E-state index >= 15 is 0 Å². The van der Waals surface area contributed by atoms with E-state index in [-0.39, 0.29) is 0 Å². The van der Waals surface area contributed by atoms with Crippen LogP contribution in [0.2, 0.25) is 5.15 Å². The maximum absolute atomic E-state index is 5.81. The molecule has 2 rings (SSSR count). The highest BCUT2D eigenvalue weighted by molar-refractivity contribution is 6.29. The van der Waals surface area contributed by atoms with E-state index in [2.05, 4.69) is 15.1 Å². The van der Waals surface area contributed by atoms with Gasteiger partial charge in [-0.25, -0.2) is 9.97 Å². The minimum absolute atomic E-state index is 0.472. The Bertz CT molecular complexity index is 404. The first kappa shape index (κ1) is 9.15. The normalized spacial score (nSPS) is 10.4. The summed E-state index contributed by atoms with van der Waals surface area (Å²) in [5.74, 6) is 0.679. The highest BCUT2D eigenvalue weighted by Gasteiger charge is 2.01. The number of halogens is 1. The van der Waals surface area contributed by atoms with Gasteiger partial charge in [0.25, 0.3) is 0 Å². The molecule has 2 heterocycles. The monoisotopic (exact) mass is 208 g/mol. The number of rotatable bonds is 2. The summed E-state index contributed by atoms with van der Waals surface area (Å²) in [4.78, 5) is 8.35. The lowest BCUT2D eigenvalue weighted by Crippen LogP contribution is -2.05. The van der Waals surface area contributed by atoms with Crippen LogP contribution in [0.1, 0.15) is 11.5 Å². The fraction of sp³-hybridized carbons (Fsp3) is 0.222. The molecule has 0 bridgehead atoms. The Morgan fingerprint density at radius 2 is 2.29 bits per heavy atom. The van der Waals surface area contributed by atoms with Crippen molar-refractivity contribution in [3.63, 3.8) is 0 Å². The van der Waals surface area contributed by atoms with E-state index in [0.717, 1.165) is 5.69 Å². The molecular formula is C9H9ClN4. The third-order valence-electron chi connectivity index (χ3n) is 1.73. The largest absolute Gasteiger partial charge is 0.265 e. The van der Waals surface area contributed by atoms with Crippen molar-refractivity contribution in [2.75, 3.05) is 0 Å². The molecule has 0 atom stereocenters. The Hall–Kier alpha value is -1.42. The Balaban J connectivity index is 2.25. The van der Waals surface area contributed by atoms with Crippen LogP contribution in [0.25, 0.3) is 0 Å². The Labute approximate surface area is 86.6 Å². The van der Waals surface area contributed by atoms with E-state index < -0.39 is 0 Å². The minimum atomic E-state index is 0.472. The third kappa shape index (κ3) is 2.09. The molecule has 0 unspecified atom stereocenters. The van der Waals surface area contributed by atoms with E-state index in [9.17, 15) is 0 Å². The van der Waals surface area contributed by atoms with Crippen molar-refractivity contribution in [3.05, 3.63) is 41.2 Å². The molecule has 0 radical (unpaired) electrons. The van der Waals surface area contributed by atoms with Gasteiger partial charge in [0.1, 0.15) is 11.7 Å². The molecule has 0 amide bonds. The van der Waals surface area contributed by atoms with E-state index in [1.807, 2.05) is 19.2 Å². The van der Waals surface area contributed by atoms with Gasteiger partial charge in [-0.2, -0.15) is 5.10 Å². The van der Waals surface area contributed by atoms with Gasteiger partial charge in [0.2, 0.25) is 0 Å². The van der Waals surface area contributed by atoms with Crippen LogP contribution >= 0.6 is 11.6 Å². The zero-order valence-corrected chi connectivity index (χ0v) is 8.44. The van der Waals surface area contributed by atoms with Crippen LogP contribution in [0.15, 0.2) is 24.5 Å². The SMILES string of the molecule is Cc1cc(Cl)nc(Cn2cccn2)n1. The average Bonchev–Trinajstić information content (AvgIpc) is 2.54. The van der Waals surface area contributed by atoms with Gasteiger partial charge in [0.05, 0.1) is 0 Å². The highest BCUT2D eigenvalue weighted by atomic mass is 35.5. The van der Waals surface area contributed by atoms with Crippen LogP contribution < -0.4 is 0 Å². The summed E-state index contributed by atoms with van der Waals surface area (Å²) in [7, 11) is 0. The quantitative estimate of drug-likeness (QED) is 0.706. The standard InChI is InChI=1S/C9H9ClN4/c1-7-5-8(10)13-9(12-7)6-14-4-2-3-11-14/h2-5H,6H2,1H3. The molecule has 0 aliphatic heterocycles. The summed E-state index contributed by atoms with van der Waals surface area (Å²) in [6, 6.07) is 3.59. The smallest absolute Gasteiger partial charge is 0.151 e. The molecule has 4 nitrogen and oxygen atoms in total. The van der Waals surface area contributed by atoms with Crippen LogP contribution in [0, 0.1) is 6.92 Å². The van der Waals surface area contributed by atoms with Gasteiger partial charge >= 0.3 is 0 Å². The second-order valence-electron chi connectivity index (χ2n) is 2.95. The number of hydrogen-bond acceptors (Lipinski definition) is 3. The van der Waals surface area contributed by atoms with Crippen molar-refractivity contribution in [1.82, 2.24) is 19.7 Å². The topological polar surface area (TPSA) is 43.6 Å². The van der Waals surface area contributed by atoms with Gasteiger partial charge in [0.15, 0.2) is 5.82 Å².